The van der Waals surface area contributed by atoms with Crippen molar-refractivity contribution in [2.45, 2.75) is 40.0 Å². The molecule has 1 fully saturated rings. The maximum absolute atomic E-state index is 12.7. The second-order valence-corrected chi connectivity index (χ2v) is 10.0. The highest BCUT2D eigenvalue weighted by Crippen LogP contribution is 2.31. The number of ether oxygens (including phenoxy) is 1. The molecule has 0 radical (unpaired) electrons. The summed E-state index contributed by atoms with van der Waals surface area (Å²) in [6.45, 7) is 8.62. The van der Waals surface area contributed by atoms with Gasteiger partial charge in [0, 0.05) is 56.2 Å². The van der Waals surface area contributed by atoms with Crippen LogP contribution in [0, 0.1) is 11.8 Å². The van der Waals surface area contributed by atoms with Crippen LogP contribution in [0.15, 0.2) is 41.3 Å². The van der Waals surface area contributed by atoms with Crippen molar-refractivity contribution in [3.63, 3.8) is 0 Å². The molecule has 0 spiro atoms. The summed E-state index contributed by atoms with van der Waals surface area (Å²) in [7, 11) is 3.24. The number of pyridine rings is 2. The number of hydrogen-bond acceptors (Lipinski definition) is 6. The zero-order chi connectivity index (χ0) is 25.8. The van der Waals surface area contributed by atoms with Crippen molar-refractivity contribution < 1.29 is 9.53 Å². The number of nitrogens with zero attached hydrogens (tertiary/aromatic N) is 3. The number of hydrogen-bond donors (Lipinski definition) is 2. The Kier molecular flexibility index (Phi) is 7.82. The Morgan fingerprint density at radius 2 is 1.92 bits per heavy atom. The van der Waals surface area contributed by atoms with Gasteiger partial charge < -0.3 is 24.8 Å². The van der Waals surface area contributed by atoms with E-state index >= 15 is 0 Å². The SMILES string of the molecule is CCCc1cnc(N2C[C@H](C)C[C@H](C)C2)cc1Nc1ccc2c(c1)cc(OCC(=O)NC)c(=O)n2C. The Morgan fingerprint density at radius 1 is 1.17 bits per heavy atom. The fourth-order valence-corrected chi connectivity index (χ4v) is 5.09. The normalized spacial score (nSPS) is 17.8. The molecule has 2 atom stereocenters. The monoisotopic (exact) mass is 491 g/mol. The first kappa shape index (κ1) is 25.5. The number of likely N-dealkylation sites (N-methyl/N-ethyl adjacent to an activating group) is 1. The highest BCUT2D eigenvalue weighted by molar-refractivity contribution is 5.85. The molecule has 3 heterocycles. The second-order valence-electron chi connectivity index (χ2n) is 10.0. The summed E-state index contributed by atoms with van der Waals surface area (Å²) >= 11 is 0. The Hall–Kier alpha value is -3.55. The number of fused-ring (bicyclic) bond motifs is 1. The van der Waals surface area contributed by atoms with E-state index in [1.165, 1.54) is 19.0 Å². The second kappa shape index (κ2) is 11.0. The van der Waals surface area contributed by atoms with E-state index in [9.17, 15) is 9.59 Å². The summed E-state index contributed by atoms with van der Waals surface area (Å²) in [4.78, 5) is 31.5. The van der Waals surface area contributed by atoms with Crippen molar-refractivity contribution in [1.29, 1.82) is 0 Å². The van der Waals surface area contributed by atoms with Crippen LogP contribution in [0.2, 0.25) is 0 Å². The van der Waals surface area contributed by atoms with Crippen LogP contribution < -0.4 is 25.8 Å². The first-order chi connectivity index (χ1) is 17.3. The third kappa shape index (κ3) is 5.64. The van der Waals surface area contributed by atoms with E-state index in [1.807, 2.05) is 24.4 Å². The van der Waals surface area contributed by atoms with Crippen LogP contribution in [-0.4, -0.2) is 42.2 Å². The Labute approximate surface area is 212 Å². The van der Waals surface area contributed by atoms with Gasteiger partial charge in [-0.3, -0.25) is 9.59 Å². The van der Waals surface area contributed by atoms with Crippen LogP contribution in [-0.2, 0) is 18.3 Å². The fourth-order valence-electron chi connectivity index (χ4n) is 5.09. The van der Waals surface area contributed by atoms with Crippen LogP contribution in [0.25, 0.3) is 10.9 Å². The van der Waals surface area contributed by atoms with Crippen molar-refractivity contribution in [3.05, 3.63) is 52.4 Å². The molecule has 0 saturated carbocycles. The van der Waals surface area contributed by atoms with Gasteiger partial charge in [0.05, 0.1) is 5.52 Å². The van der Waals surface area contributed by atoms with Gasteiger partial charge in [0.25, 0.3) is 11.5 Å². The minimum Gasteiger partial charge on any atom is -0.478 e. The highest BCUT2D eigenvalue weighted by Gasteiger charge is 2.23. The Balaban J connectivity index is 1.66. The summed E-state index contributed by atoms with van der Waals surface area (Å²) in [5.74, 6) is 2.16. The first-order valence-corrected chi connectivity index (χ1v) is 12.8. The molecule has 3 aromatic rings. The molecule has 4 rings (SSSR count). The quantitative estimate of drug-likeness (QED) is 0.490. The Morgan fingerprint density at radius 3 is 2.61 bits per heavy atom. The van der Waals surface area contributed by atoms with E-state index in [4.69, 9.17) is 9.72 Å². The Bertz CT molecular complexity index is 1290. The van der Waals surface area contributed by atoms with E-state index in [0.717, 1.165) is 54.0 Å². The molecule has 0 bridgehead atoms. The molecule has 2 N–H and O–H groups in total. The number of piperidine rings is 1. The number of nitrogens with one attached hydrogen (secondary N) is 2. The zero-order valence-corrected chi connectivity index (χ0v) is 21.9. The molecule has 1 aromatic carbocycles. The number of carbonyl (C=O) groups excluding carboxylic acids is 1. The number of amides is 1. The molecule has 1 saturated heterocycles. The molecule has 1 aliphatic heterocycles. The van der Waals surface area contributed by atoms with Crippen LogP contribution >= 0.6 is 0 Å². The van der Waals surface area contributed by atoms with Crippen molar-refractivity contribution in [2.24, 2.45) is 18.9 Å². The van der Waals surface area contributed by atoms with Crippen LogP contribution in [0.3, 0.4) is 0 Å². The lowest BCUT2D eigenvalue weighted by Gasteiger charge is -2.36. The van der Waals surface area contributed by atoms with Gasteiger partial charge >= 0.3 is 0 Å². The number of aryl methyl sites for hydroxylation is 2. The van der Waals surface area contributed by atoms with Crippen LogP contribution in [0.1, 0.15) is 39.2 Å². The number of anilines is 3. The summed E-state index contributed by atoms with van der Waals surface area (Å²) in [6.07, 6.45) is 5.21. The molecule has 0 unspecified atom stereocenters. The standard InChI is InChI=1S/C28H37N5O3/c1-6-7-20-14-30-26(33-15-18(2)10-19(3)16-33)13-23(20)31-22-8-9-24-21(11-22)12-25(28(35)32(24)5)36-17-27(34)29-4/h8-9,11-14,18-19H,6-7,10,15-17H2,1-5H3,(H,29,34)(H,30,31)/t18-,19+. The average molecular weight is 492 g/mol. The minimum atomic E-state index is -0.290. The molecular weight excluding hydrogens is 454 g/mol. The van der Waals surface area contributed by atoms with Gasteiger partial charge in [-0.15, -0.1) is 0 Å². The lowest BCUT2D eigenvalue weighted by atomic mass is 9.92. The van der Waals surface area contributed by atoms with Gasteiger partial charge in [-0.1, -0.05) is 27.2 Å². The largest absolute Gasteiger partial charge is 0.478 e. The molecule has 8 heteroatoms. The number of carbonyl (C=O) groups is 1. The topological polar surface area (TPSA) is 88.5 Å². The van der Waals surface area contributed by atoms with E-state index < -0.39 is 0 Å². The third-order valence-electron chi connectivity index (χ3n) is 6.79. The van der Waals surface area contributed by atoms with Gasteiger partial charge in [-0.05, 0) is 54.5 Å². The number of aromatic nitrogens is 2. The van der Waals surface area contributed by atoms with Crippen LogP contribution in [0.5, 0.6) is 5.75 Å². The lowest BCUT2D eigenvalue weighted by molar-refractivity contribution is -0.122. The summed E-state index contributed by atoms with van der Waals surface area (Å²) < 4.78 is 7.05. The average Bonchev–Trinajstić information content (AvgIpc) is 2.85. The van der Waals surface area contributed by atoms with E-state index in [0.29, 0.717) is 11.8 Å². The summed E-state index contributed by atoms with van der Waals surface area (Å²) in [5, 5.41) is 6.95. The lowest BCUT2D eigenvalue weighted by Crippen LogP contribution is -2.39. The smallest absolute Gasteiger partial charge is 0.293 e. The molecule has 192 valence electrons. The van der Waals surface area contributed by atoms with Gasteiger partial charge in [-0.25, -0.2) is 4.98 Å². The van der Waals surface area contributed by atoms with Crippen molar-refractivity contribution in [1.82, 2.24) is 14.9 Å². The third-order valence-corrected chi connectivity index (χ3v) is 6.79. The van der Waals surface area contributed by atoms with E-state index in [-0.39, 0.29) is 23.8 Å². The van der Waals surface area contributed by atoms with E-state index in [2.05, 4.69) is 42.4 Å². The maximum atomic E-state index is 12.7. The fraction of sp³-hybridized carbons (Fsp3) is 0.464. The van der Waals surface area contributed by atoms with Gasteiger partial charge in [0.1, 0.15) is 5.82 Å². The predicted molar refractivity (Wildman–Crippen MR) is 145 cm³/mol. The van der Waals surface area contributed by atoms with Gasteiger partial charge in [-0.2, -0.15) is 0 Å². The molecule has 36 heavy (non-hydrogen) atoms. The molecule has 0 aliphatic carbocycles. The number of benzene rings is 1. The first-order valence-electron chi connectivity index (χ1n) is 12.8. The molecule has 8 nitrogen and oxygen atoms in total. The number of rotatable bonds is 8. The highest BCUT2D eigenvalue weighted by atomic mass is 16.5. The predicted octanol–water partition coefficient (Wildman–Crippen LogP) is 4.24. The molecular formula is C28H37N5O3. The molecule has 1 aliphatic rings. The zero-order valence-electron chi connectivity index (χ0n) is 21.9. The van der Waals surface area contributed by atoms with Gasteiger partial charge in [0.2, 0.25) is 0 Å². The van der Waals surface area contributed by atoms with Crippen LogP contribution in [0.4, 0.5) is 17.2 Å². The van der Waals surface area contributed by atoms with Crippen molar-refractivity contribution >= 4 is 34.0 Å². The van der Waals surface area contributed by atoms with Crippen molar-refractivity contribution in [2.75, 3.05) is 37.0 Å². The van der Waals surface area contributed by atoms with Gasteiger partial charge in [0.15, 0.2) is 12.4 Å². The van der Waals surface area contributed by atoms with E-state index in [1.54, 1.807) is 17.7 Å². The van der Waals surface area contributed by atoms with Crippen molar-refractivity contribution in [3.8, 4) is 5.75 Å². The summed E-state index contributed by atoms with van der Waals surface area (Å²) in [5.41, 5.74) is 3.65. The summed E-state index contributed by atoms with van der Waals surface area (Å²) in [6, 6.07) is 9.78. The maximum Gasteiger partial charge on any atom is 0.293 e. The molecule has 1 amide bonds. The molecule has 2 aromatic heterocycles. The minimum absolute atomic E-state index is 0.150.